The average Bonchev–Trinajstić information content (AvgIpc) is 2.87. The summed E-state index contributed by atoms with van der Waals surface area (Å²) in [4.78, 5) is 51.5. The number of carbonyl (C=O) groups excluding carboxylic acids is 4. The fourth-order valence-electron chi connectivity index (χ4n) is 4.71. The molecule has 0 spiro atoms. The Morgan fingerprint density at radius 3 is 2.50 bits per heavy atom. The van der Waals surface area contributed by atoms with E-state index in [-0.39, 0.29) is 49.1 Å². The van der Waals surface area contributed by atoms with Crippen LogP contribution in [0.5, 0.6) is 0 Å². The van der Waals surface area contributed by atoms with E-state index in [2.05, 4.69) is 16.0 Å². The van der Waals surface area contributed by atoms with Crippen LogP contribution in [0.15, 0.2) is 30.3 Å². The molecule has 10 heteroatoms. The zero-order chi connectivity index (χ0) is 25.0. The molecule has 3 rings (SSSR count). The summed E-state index contributed by atoms with van der Waals surface area (Å²) in [7, 11) is 0. The second-order valence-corrected chi connectivity index (χ2v) is 9.52. The summed E-state index contributed by atoms with van der Waals surface area (Å²) in [5, 5.41) is 8.73. The Morgan fingerprint density at radius 2 is 1.81 bits per heavy atom. The summed E-state index contributed by atoms with van der Waals surface area (Å²) in [6.07, 6.45) is 3.99. The summed E-state index contributed by atoms with van der Waals surface area (Å²) in [5.41, 5.74) is 0.855. The van der Waals surface area contributed by atoms with Gasteiger partial charge >= 0.3 is 5.97 Å². The second-order valence-electron chi connectivity index (χ2n) is 9.52. The highest BCUT2D eigenvalue weighted by Gasteiger charge is 2.30. The Hall–Kier alpha value is -2.65. The molecule has 200 valence electrons. The van der Waals surface area contributed by atoms with Gasteiger partial charge in [-0.25, -0.2) is 0 Å². The van der Waals surface area contributed by atoms with Crippen LogP contribution in [-0.4, -0.2) is 60.9 Å². The summed E-state index contributed by atoms with van der Waals surface area (Å²) < 4.78 is 5.29. The van der Waals surface area contributed by atoms with Crippen LogP contribution in [0.2, 0.25) is 0 Å². The first-order valence-electron chi connectivity index (χ1n) is 12.7. The Morgan fingerprint density at radius 1 is 1.08 bits per heavy atom. The number of amides is 3. The quantitative estimate of drug-likeness (QED) is 0.320. The minimum atomic E-state index is -0.866. The Balaban J connectivity index is 0.00000456. The molecule has 0 aromatic heterocycles. The number of halogens is 1. The maximum Gasteiger partial charge on any atom is 0.310 e. The molecule has 2 atom stereocenters. The minimum Gasteiger partial charge on any atom is -0.461 e. The van der Waals surface area contributed by atoms with Gasteiger partial charge in [-0.3, -0.25) is 19.2 Å². The number of hydrogen-bond donors (Lipinski definition) is 3. The van der Waals surface area contributed by atoms with Crippen LogP contribution in [0.4, 0.5) is 0 Å². The van der Waals surface area contributed by atoms with Gasteiger partial charge in [-0.05, 0) is 56.7 Å². The van der Waals surface area contributed by atoms with Gasteiger partial charge in [0.2, 0.25) is 17.7 Å². The first-order valence-corrected chi connectivity index (χ1v) is 12.7. The van der Waals surface area contributed by atoms with Crippen molar-refractivity contribution in [3.05, 3.63) is 35.9 Å². The van der Waals surface area contributed by atoms with E-state index in [1.54, 1.807) is 4.90 Å². The van der Waals surface area contributed by atoms with Crippen molar-refractivity contribution >= 4 is 36.1 Å². The minimum absolute atomic E-state index is 0. The number of nitrogens with one attached hydrogen (secondary N) is 3. The van der Waals surface area contributed by atoms with Crippen molar-refractivity contribution in [2.45, 2.75) is 64.6 Å². The monoisotopic (exact) mass is 522 g/mol. The Labute approximate surface area is 219 Å². The highest BCUT2D eigenvalue weighted by Crippen LogP contribution is 2.21. The van der Waals surface area contributed by atoms with Gasteiger partial charge in [0.05, 0.1) is 12.3 Å². The number of ether oxygens (including phenoxy) is 1. The van der Waals surface area contributed by atoms with Crippen molar-refractivity contribution < 1.29 is 23.9 Å². The molecular formula is C26H39ClN4O5. The first-order chi connectivity index (χ1) is 16.9. The van der Waals surface area contributed by atoms with E-state index in [1.165, 1.54) is 6.92 Å². The maximum absolute atomic E-state index is 13.0. The van der Waals surface area contributed by atoms with Gasteiger partial charge in [-0.1, -0.05) is 30.3 Å². The van der Waals surface area contributed by atoms with Gasteiger partial charge in [0, 0.05) is 26.4 Å². The van der Waals surface area contributed by atoms with Crippen LogP contribution in [0.25, 0.3) is 0 Å². The molecule has 3 amide bonds. The van der Waals surface area contributed by atoms with E-state index < -0.39 is 12.1 Å². The van der Waals surface area contributed by atoms with Gasteiger partial charge < -0.3 is 25.6 Å². The molecule has 0 unspecified atom stereocenters. The lowest BCUT2D eigenvalue weighted by Crippen LogP contribution is -2.53. The molecule has 0 aliphatic carbocycles. The second kappa shape index (κ2) is 15.5. The first kappa shape index (κ1) is 29.6. The van der Waals surface area contributed by atoms with E-state index in [1.807, 2.05) is 30.3 Å². The molecule has 1 aromatic rings. The number of carbonyl (C=O) groups is 4. The average molecular weight is 523 g/mol. The van der Waals surface area contributed by atoms with Crippen molar-refractivity contribution in [1.29, 1.82) is 0 Å². The van der Waals surface area contributed by atoms with E-state index in [4.69, 9.17) is 4.74 Å². The summed E-state index contributed by atoms with van der Waals surface area (Å²) in [5.74, 6) is -0.831. The number of rotatable bonds is 10. The van der Waals surface area contributed by atoms with Gasteiger partial charge in [-0.2, -0.15) is 0 Å². The molecule has 0 saturated carbocycles. The molecule has 2 saturated heterocycles. The van der Waals surface area contributed by atoms with Crippen LogP contribution < -0.4 is 16.0 Å². The summed E-state index contributed by atoms with van der Waals surface area (Å²) in [6, 6.07) is 9.29. The predicted octanol–water partition coefficient (Wildman–Crippen LogP) is 2.14. The van der Waals surface area contributed by atoms with Crippen LogP contribution in [0, 0.1) is 11.8 Å². The van der Waals surface area contributed by atoms with E-state index >= 15 is 0 Å². The molecular weight excluding hydrogens is 484 g/mol. The molecule has 2 aliphatic heterocycles. The summed E-state index contributed by atoms with van der Waals surface area (Å²) >= 11 is 0. The maximum atomic E-state index is 13.0. The molecule has 2 heterocycles. The number of hydrogen-bond acceptors (Lipinski definition) is 6. The van der Waals surface area contributed by atoms with Crippen molar-refractivity contribution in [3.63, 3.8) is 0 Å². The number of esters is 1. The zero-order valence-electron chi connectivity index (χ0n) is 21.0. The van der Waals surface area contributed by atoms with Gasteiger partial charge in [0.25, 0.3) is 0 Å². The predicted molar refractivity (Wildman–Crippen MR) is 138 cm³/mol. The van der Waals surface area contributed by atoms with Crippen LogP contribution >= 0.6 is 12.4 Å². The van der Waals surface area contributed by atoms with E-state index in [0.29, 0.717) is 31.8 Å². The lowest BCUT2D eigenvalue weighted by atomic mass is 9.92. The molecule has 1 aromatic carbocycles. The van der Waals surface area contributed by atoms with Crippen molar-refractivity contribution in [2.75, 3.05) is 26.2 Å². The molecule has 2 aliphatic rings. The third-order valence-electron chi connectivity index (χ3n) is 6.68. The third kappa shape index (κ3) is 10.1. The van der Waals surface area contributed by atoms with Crippen molar-refractivity contribution in [2.24, 2.45) is 11.8 Å². The van der Waals surface area contributed by atoms with Crippen molar-refractivity contribution in [1.82, 2.24) is 20.9 Å². The highest BCUT2D eigenvalue weighted by molar-refractivity contribution is 5.85. The number of benzene rings is 1. The molecule has 36 heavy (non-hydrogen) atoms. The summed E-state index contributed by atoms with van der Waals surface area (Å²) in [6.45, 7) is 4.51. The topological polar surface area (TPSA) is 117 Å². The fraction of sp³-hybridized carbons (Fsp3) is 0.615. The van der Waals surface area contributed by atoms with Crippen LogP contribution in [0.1, 0.15) is 57.4 Å². The van der Waals surface area contributed by atoms with Crippen molar-refractivity contribution in [3.8, 4) is 0 Å². The lowest BCUT2D eigenvalue weighted by molar-refractivity contribution is -0.146. The van der Waals surface area contributed by atoms with Gasteiger partial charge in [-0.15, -0.1) is 12.4 Å². The molecule has 9 nitrogen and oxygen atoms in total. The molecule has 3 N–H and O–H groups in total. The smallest absolute Gasteiger partial charge is 0.310 e. The third-order valence-corrected chi connectivity index (χ3v) is 6.68. The Kier molecular flexibility index (Phi) is 12.7. The van der Waals surface area contributed by atoms with Gasteiger partial charge in [0.1, 0.15) is 12.8 Å². The molecule has 0 bridgehead atoms. The highest BCUT2D eigenvalue weighted by atomic mass is 35.5. The number of nitrogens with zero attached hydrogens (tertiary/aromatic N) is 1. The largest absolute Gasteiger partial charge is 0.461 e. The fourth-order valence-corrected chi connectivity index (χ4v) is 4.71. The number of piperidine rings is 2. The number of likely N-dealkylation sites (tertiary alicyclic amines) is 1. The SMILES string of the molecule is CC(=O)N[C@H](CC(=O)OCc1ccccc1)NC(=O)[C@@H]1CCCN(C(=O)CCC2CCNCC2)C1.Cl. The molecule has 0 radical (unpaired) electrons. The molecule has 2 fully saturated rings. The lowest BCUT2D eigenvalue weighted by Gasteiger charge is -2.33. The normalized spacial score (nSPS) is 18.9. The zero-order valence-corrected chi connectivity index (χ0v) is 21.8. The standard InChI is InChI=1S/C26H38N4O5.ClH/c1-19(31)28-23(16-25(33)35-18-21-6-3-2-4-7-21)29-26(34)22-8-5-15-30(17-22)24(32)10-9-20-11-13-27-14-12-20;/h2-4,6-7,20,22-23,27H,5,8-18H2,1H3,(H,28,31)(H,29,34);1H/t22-,23+;/m1./s1. The van der Waals surface area contributed by atoms with Gasteiger partial charge in [0.15, 0.2) is 0 Å². The van der Waals surface area contributed by atoms with Crippen LogP contribution in [0.3, 0.4) is 0 Å². The van der Waals surface area contributed by atoms with E-state index in [9.17, 15) is 19.2 Å². The van der Waals surface area contributed by atoms with Crippen LogP contribution in [-0.2, 0) is 30.5 Å². The Bertz CT molecular complexity index is 863. The van der Waals surface area contributed by atoms with E-state index in [0.717, 1.165) is 44.3 Å².